The molecule has 4 N–H and O–H groups in total. The summed E-state index contributed by atoms with van der Waals surface area (Å²) in [5.74, 6) is 1.19. The molecule has 2 atom stereocenters. The Morgan fingerprint density at radius 3 is 2.53 bits per heavy atom. The van der Waals surface area contributed by atoms with Crippen LogP contribution in [0.5, 0.6) is 0 Å². The van der Waals surface area contributed by atoms with Crippen LogP contribution in [0.3, 0.4) is 0 Å². The van der Waals surface area contributed by atoms with Gasteiger partial charge in [0.15, 0.2) is 6.29 Å². The first-order chi connectivity index (χ1) is 18.2. The second-order valence-corrected chi connectivity index (χ2v) is 10.9. The van der Waals surface area contributed by atoms with Crippen LogP contribution in [0.25, 0.3) is 0 Å². The van der Waals surface area contributed by atoms with Gasteiger partial charge in [-0.25, -0.2) is 4.99 Å². The number of likely N-dealkylation sites (tertiary alicyclic amines) is 1. The molecule has 2 unspecified atom stereocenters. The first-order valence-electron chi connectivity index (χ1n) is 14.2. The maximum atomic E-state index is 8.70. The molecule has 0 radical (unpaired) electrons. The highest BCUT2D eigenvalue weighted by molar-refractivity contribution is 5.93. The minimum Gasteiger partial charge on any atom is -0.364 e. The molecule has 0 amide bonds. The van der Waals surface area contributed by atoms with Crippen molar-refractivity contribution < 1.29 is 0 Å². The number of amidine groups is 1. The SMILES string of the molecule is C=C1NC(C)N(C(C)C)/C1=C/C(=C\C)C(=CC(=N)NC1N=CC(CN2CCC(CC)CC2)=CN1)/C(C)=C\C. The molecule has 7 nitrogen and oxygen atoms in total. The first kappa shape index (κ1) is 29.5. The molecule has 0 aliphatic carbocycles. The molecule has 0 saturated carbocycles. The predicted molar refractivity (Wildman–Crippen MR) is 162 cm³/mol. The van der Waals surface area contributed by atoms with E-state index >= 15 is 0 Å². The van der Waals surface area contributed by atoms with Gasteiger partial charge in [-0.15, -0.1) is 0 Å². The van der Waals surface area contributed by atoms with Crippen LogP contribution in [0.4, 0.5) is 0 Å². The zero-order chi connectivity index (χ0) is 27.8. The van der Waals surface area contributed by atoms with Crippen LogP contribution in [0.1, 0.15) is 67.7 Å². The van der Waals surface area contributed by atoms with Crippen molar-refractivity contribution >= 4 is 12.1 Å². The molecule has 38 heavy (non-hydrogen) atoms. The number of allylic oxidation sites excluding steroid dienone is 6. The maximum absolute atomic E-state index is 8.70. The van der Waals surface area contributed by atoms with E-state index in [4.69, 9.17) is 5.41 Å². The van der Waals surface area contributed by atoms with Crippen molar-refractivity contribution in [3.05, 3.63) is 70.8 Å². The Bertz CT molecular complexity index is 1050. The Hall–Kier alpha value is -3.06. The van der Waals surface area contributed by atoms with Crippen LogP contribution in [-0.4, -0.2) is 60.0 Å². The fraction of sp³-hybridized carbons (Fsp3) is 0.548. The van der Waals surface area contributed by atoms with Gasteiger partial charge >= 0.3 is 0 Å². The number of hydrogen-bond donors (Lipinski definition) is 4. The summed E-state index contributed by atoms with van der Waals surface area (Å²) >= 11 is 0. The van der Waals surface area contributed by atoms with Gasteiger partial charge in [-0.1, -0.05) is 32.1 Å². The molecule has 3 rings (SSSR count). The predicted octanol–water partition coefficient (Wildman–Crippen LogP) is 5.41. The van der Waals surface area contributed by atoms with E-state index in [0.717, 1.165) is 53.7 Å². The Labute approximate surface area is 230 Å². The number of nitrogens with zero attached hydrogens (tertiary/aromatic N) is 3. The summed E-state index contributed by atoms with van der Waals surface area (Å²) in [6.07, 6.45) is 15.9. The van der Waals surface area contributed by atoms with Gasteiger partial charge in [-0.3, -0.25) is 10.3 Å². The van der Waals surface area contributed by atoms with E-state index in [1.807, 2.05) is 32.3 Å². The summed E-state index contributed by atoms with van der Waals surface area (Å²) in [4.78, 5) is 9.49. The van der Waals surface area contributed by atoms with Crippen LogP contribution in [0, 0.1) is 11.3 Å². The van der Waals surface area contributed by atoms with E-state index in [1.165, 1.54) is 24.8 Å². The topological polar surface area (TPSA) is 78.8 Å². The van der Waals surface area contributed by atoms with Gasteiger partial charge in [0.05, 0.1) is 17.6 Å². The van der Waals surface area contributed by atoms with Gasteiger partial charge in [-0.05, 0) is 108 Å². The van der Waals surface area contributed by atoms with E-state index in [-0.39, 0.29) is 12.5 Å². The molecular formula is C31H49N7. The van der Waals surface area contributed by atoms with Crippen molar-refractivity contribution in [3.8, 4) is 0 Å². The number of hydrogen-bond acceptors (Lipinski definition) is 6. The van der Waals surface area contributed by atoms with Gasteiger partial charge < -0.3 is 20.9 Å². The molecule has 3 aliphatic rings. The number of rotatable bonds is 9. The van der Waals surface area contributed by atoms with E-state index in [1.54, 1.807) is 0 Å². The fourth-order valence-corrected chi connectivity index (χ4v) is 5.44. The largest absolute Gasteiger partial charge is 0.364 e. The molecule has 0 aromatic rings. The minimum atomic E-state index is -0.357. The third-order valence-electron chi connectivity index (χ3n) is 7.80. The third-order valence-corrected chi connectivity index (χ3v) is 7.80. The molecule has 0 spiro atoms. The van der Waals surface area contributed by atoms with Gasteiger partial charge in [0.25, 0.3) is 0 Å². The molecule has 2 fully saturated rings. The average Bonchev–Trinajstić information content (AvgIpc) is 3.19. The molecule has 3 heterocycles. The molecule has 0 bridgehead atoms. The summed E-state index contributed by atoms with van der Waals surface area (Å²) in [7, 11) is 0. The van der Waals surface area contributed by atoms with Crippen molar-refractivity contribution in [2.45, 2.75) is 86.2 Å². The fourth-order valence-electron chi connectivity index (χ4n) is 5.44. The lowest BCUT2D eigenvalue weighted by Gasteiger charge is -2.32. The zero-order valence-electron chi connectivity index (χ0n) is 24.6. The van der Waals surface area contributed by atoms with Crippen LogP contribution >= 0.6 is 0 Å². The number of aliphatic imine (C=N–C) groups is 1. The molecule has 208 valence electrons. The quantitative estimate of drug-likeness (QED) is 0.186. The second-order valence-electron chi connectivity index (χ2n) is 10.9. The second kappa shape index (κ2) is 13.7. The highest BCUT2D eigenvalue weighted by Gasteiger charge is 2.29. The first-order valence-corrected chi connectivity index (χ1v) is 14.2. The van der Waals surface area contributed by atoms with E-state index < -0.39 is 0 Å². The lowest BCUT2D eigenvalue weighted by molar-refractivity contribution is 0.196. The Morgan fingerprint density at radius 1 is 1.26 bits per heavy atom. The molecular weight excluding hydrogens is 470 g/mol. The third kappa shape index (κ3) is 7.50. The van der Waals surface area contributed by atoms with Gasteiger partial charge in [0.1, 0.15) is 5.84 Å². The number of piperidine rings is 1. The maximum Gasteiger partial charge on any atom is 0.194 e. The summed E-state index contributed by atoms with van der Waals surface area (Å²) in [5, 5.41) is 18.7. The normalized spacial score (nSPS) is 25.1. The van der Waals surface area contributed by atoms with Crippen molar-refractivity contribution in [2.24, 2.45) is 10.9 Å². The molecule has 3 aliphatic heterocycles. The summed E-state index contributed by atoms with van der Waals surface area (Å²) < 4.78 is 0. The molecule has 0 aromatic carbocycles. The van der Waals surface area contributed by atoms with Crippen molar-refractivity contribution in [2.75, 3.05) is 19.6 Å². The van der Waals surface area contributed by atoms with Gasteiger partial charge in [0.2, 0.25) is 0 Å². The van der Waals surface area contributed by atoms with Gasteiger partial charge in [-0.2, -0.15) is 0 Å². The van der Waals surface area contributed by atoms with Crippen LogP contribution < -0.4 is 16.0 Å². The summed E-state index contributed by atoms with van der Waals surface area (Å²) in [5.41, 5.74) is 6.36. The Kier molecular flexibility index (Phi) is 10.6. The lowest BCUT2D eigenvalue weighted by atomic mass is 9.94. The van der Waals surface area contributed by atoms with Crippen molar-refractivity contribution in [1.29, 1.82) is 5.41 Å². The van der Waals surface area contributed by atoms with Gasteiger partial charge in [0, 0.05) is 25.0 Å². The lowest BCUT2D eigenvalue weighted by Crippen LogP contribution is -2.43. The van der Waals surface area contributed by atoms with Crippen molar-refractivity contribution in [3.63, 3.8) is 0 Å². The van der Waals surface area contributed by atoms with Crippen LogP contribution in [-0.2, 0) is 0 Å². The zero-order valence-corrected chi connectivity index (χ0v) is 24.6. The Balaban J connectivity index is 1.67. The number of nitrogens with one attached hydrogen (secondary N) is 4. The van der Waals surface area contributed by atoms with E-state index in [2.05, 4.69) is 90.2 Å². The minimum absolute atomic E-state index is 0.193. The van der Waals surface area contributed by atoms with Crippen LogP contribution in [0.2, 0.25) is 0 Å². The summed E-state index contributed by atoms with van der Waals surface area (Å²) in [6, 6.07) is 0.340. The monoisotopic (exact) mass is 519 g/mol. The van der Waals surface area contributed by atoms with Crippen LogP contribution in [0.15, 0.2) is 75.8 Å². The molecule has 2 saturated heterocycles. The molecule has 7 heteroatoms. The van der Waals surface area contributed by atoms with Crippen molar-refractivity contribution in [1.82, 2.24) is 25.8 Å². The summed E-state index contributed by atoms with van der Waals surface area (Å²) in [6.45, 7) is 22.5. The average molecular weight is 520 g/mol. The standard InChI is InChI=1S/C31H49N7/c1-9-22(6)28(27(11-3)16-29-23(7)35-24(8)38(29)21(4)5)17-30(32)36-31-33-18-26(19-34-31)20-37-14-12-25(10-2)13-15-37/h9,11,16-19,21,24-25,31,33,35H,7,10,12-15,20H2,1-6,8H3,(H2,32,36)/b22-9-,27-11+,28-17?,29-16+. The molecule has 0 aromatic heterocycles. The smallest absolute Gasteiger partial charge is 0.194 e. The highest BCUT2D eigenvalue weighted by Crippen LogP contribution is 2.30. The van der Waals surface area contributed by atoms with E-state index in [0.29, 0.717) is 11.9 Å². The Morgan fingerprint density at radius 2 is 1.97 bits per heavy atom. The van der Waals surface area contributed by atoms with E-state index in [9.17, 15) is 0 Å². The highest BCUT2D eigenvalue weighted by atomic mass is 15.4.